The lowest BCUT2D eigenvalue weighted by Crippen LogP contribution is -2.07. The van der Waals surface area contributed by atoms with Gasteiger partial charge in [-0.25, -0.2) is 0 Å². The van der Waals surface area contributed by atoms with Gasteiger partial charge in [0.2, 0.25) is 0 Å². The molecule has 0 heterocycles. The molecule has 0 N–H and O–H groups in total. The van der Waals surface area contributed by atoms with Gasteiger partial charge in [-0.15, -0.1) is 0 Å². The summed E-state index contributed by atoms with van der Waals surface area (Å²) in [7, 11) is 0. The SMILES string of the molecule is CC1=CCC(CCc2cc(C)cc3c(CCCc4cc(C)cc(C)c4)cc(C)cc23)C(C)=C1. The fourth-order valence-corrected chi connectivity index (χ4v) is 5.77. The summed E-state index contributed by atoms with van der Waals surface area (Å²) in [5, 5.41) is 2.95. The number of hydrogen-bond acceptors (Lipinski definition) is 0. The first-order valence-corrected chi connectivity index (χ1v) is 12.7. The molecular weight excluding hydrogens is 396 g/mol. The van der Waals surface area contributed by atoms with Crippen LogP contribution in [0.25, 0.3) is 10.8 Å². The lowest BCUT2D eigenvalue weighted by Gasteiger charge is -2.21. The van der Waals surface area contributed by atoms with Gasteiger partial charge in [0.1, 0.15) is 0 Å². The Morgan fingerprint density at radius 3 is 1.82 bits per heavy atom. The fourth-order valence-electron chi connectivity index (χ4n) is 5.77. The summed E-state index contributed by atoms with van der Waals surface area (Å²) in [6.07, 6.45) is 11.9. The Morgan fingerprint density at radius 2 is 1.21 bits per heavy atom. The van der Waals surface area contributed by atoms with Gasteiger partial charge >= 0.3 is 0 Å². The molecule has 0 saturated carbocycles. The smallest absolute Gasteiger partial charge is 0.0146 e. The summed E-state index contributed by atoms with van der Waals surface area (Å²) in [6.45, 7) is 13.5. The molecule has 1 atom stereocenters. The van der Waals surface area contributed by atoms with Crippen molar-refractivity contribution in [2.45, 2.75) is 80.1 Å². The highest BCUT2D eigenvalue weighted by Gasteiger charge is 2.15. The minimum absolute atomic E-state index is 0.686. The molecule has 3 aromatic carbocycles. The van der Waals surface area contributed by atoms with Gasteiger partial charge in [-0.05, 0) is 113 Å². The van der Waals surface area contributed by atoms with Crippen LogP contribution in [0, 0.1) is 33.6 Å². The van der Waals surface area contributed by atoms with E-state index in [1.54, 1.807) is 5.57 Å². The van der Waals surface area contributed by atoms with Crippen LogP contribution >= 0.6 is 0 Å². The zero-order chi connectivity index (χ0) is 23.5. The van der Waals surface area contributed by atoms with E-state index in [9.17, 15) is 0 Å². The predicted molar refractivity (Wildman–Crippen MR) is 145 cm³/mol. The third-order valence-electron chi connectivity index (χ3n) is 7.31. The van der Waals surface area contributed by atoms with Crippen LogP contribution in [0.5, 0.6) is 0 Å². The Morgan fingerprint density at radius 1 is 0.636 bits per heavy atom. The molecule has 0 fully saturated rings. The fraction of sp³-hybridized carbons (Fsp3) is 0.394. The Hall–Kier alpha value is -2.60. The Labute approximate surface area is 201 Å². The molecule has 1 aliphatic rings. The molecule has 0 aromatic heterocycles. The summed E-state index contributed by atoms with van der Waals surface area (Å²) in [5.74, 6) is 0.686. The lowest BCUT2D eigenvalue weighted by molar-refractivity contribution is 0.560. The Bertz CT molecular complexity index is 1200. The number of allylic oxidation sites excluding steroid dienone is 4. The third-order valence-corrected chi connectivity index (χ3v) is 7.31. The molecule has 0 saturated heterocycles. The van der Waals surface area contributed by atoms with Crippen molar-refractivity contribution in [3.63, 3.8) is 0 Å². The van der Waals surface area contributed by atoms with Crippen LogP contribution in [0.1, 0.15) is 72.1 Å². The Balaban J connectivity index is 1.54. The maximum atomic E-state index is 2.43. The lowest BCUT2D eigenvalue weighted by atomic mass is 9.84. The second-order valence-electron chi connectivity index (χ2n) is 10.6. The molecule has 0 bridgehead atoms. The van der Waals surface area contributed by atoms with Crippen molar-refractivity contribution < 1.29 is 0 Å². The summed E-state index contributed by atoms with van der Waals surface area (Å²) in [5.41, 5.74) is 13.0. The number of fused-ring (bicyclic) bond motifs is 1. The monoisotopic (exact) mass is 436 g/mol. The first-order valence-electron chi connectivity index (χ1n) is 12.7. The van der Waals surface area contributed by atoms with E-state index in [0.29, 0.717) is 5.92 Å². The number of rotatable bonds is 7. The van der Waals surface area contributed by atoms with Gasteiger partial charge in [-0.2, -0.15) is 0 Å². The molecule has 172 valence electrons. The van der Waals surface area contributed by atoms with Crippen LogP contribution in [0.2, 0.25) is 0 Å². The van der Waals surface area contributed by atoms with Gasteiger partial charge in [0.25, 0.3) is 0 Å². The number of benzene rings is 3. The van der Waals surface area contributed by atoms with E-state index >= 15 is 0 Å². The van der Waals surface area contributed by atoms with Crippen molar-refractivity contribution in [3.05, 3.63) is 105 Å². The highest BCUT2D eigenvalue weighted by atomic mass is 14.2. The van der Waals surface area contributed by atoms with E-state index in [4.69, 9.17) is 0 Å². The Kier molecular flexibility index (Phi) is 7.23. The van der Waals surface area contributed by atoms with E-state index in [2.05, 4.69) is 96.2 Å². The van der Waals surface area contributed by atoms with Gasteiger partial charge in [0.05, 0.1) is 0 Å². The van der Waals surface area contributed by atoms with Crippen molar-refractivity contribution >= 4 is 10.8 Å². The molecule has 3 aromatic rings. The normalized spacial score (nSPS) is 16.1. The van der Waals surface area contributed by atoms with Gasteiger partial charge in [-0.3, -0.25) is 0 Å². The van der Waals surface area contributed by atoms with Crippen LogP contribution < -0.4 is 0 Å². The van der Waals surface area contributed by atoms with Crippen molar-refractivity contribution in [1.82, 2.24) is 0 Å². The van der Waals surface area contributed by atoms with Gasteiger partial charge < -0.3 is 0 Å². The standard InChI is InChI=1S/C33H40/c1-22-10-11-29(27(6)15-22)12-13-31-19-26(5)20-32-30(18-25(4)21-33(31)32)9-7-8-28-16-23(2)14-24(3)17-28/h10,14-21,29H,7-9,11-13H2,1-6H3. The molecule has 33 heavy (non-hydrogen) atoms. The first-order chi connectivity index (χ1) is 15.8. The van der Waals surface area contributed by atoms with Gasteiger partial charge in [0.15, 0.2) is 0 Å². The van der Waals surface area contributed by atoms with Crippen LogP contribution in [-0.2, 0) is 19.3 Å². The molecule has 0 radical (unpaired) electrons. The largest absolute Gasteiger partial charge is 0.0810 e. The van der Waals surface area contributed by atoms with Crippen molar-refractivity contribution in [2.24, 2.45) is 5.92 Å². The molecule has 0 nitrogen and oxygen atoms in total. The van der Waals surface area contributed by atoms with Gasteiger partial charge in [-0.1, -0.05) is 88.0 Å². The van der Waals surface area contributed by atoms with E-state index in [1.165, 1.54) is 74.6 Å². The van der Waals surface area contributed by atoms with Crippen LogP contribution in [-0.4, -0.2) is 0 Å². The zero-order valence-corrected chi connectivity index (χ0v) is 21.5. The minimum atomic E-state index is 0.686. The highest BCUT2D eigenvalue weighted by molar-refractivity contribution is 5.90. The first kappa shape index (κ1) is 23.6. The van der Waals surface area contributed by atoms with E-state index < -0.39 is 0 Å². The number of hydrogen-bond donors (Lipinski definition) is 0. The van der Waals surface area contributed by atoms with Crippen LogP contribution in [0.15, 0.2) is 65.8 Å². The number of aryl methyl sites for hydroxylation is 7. The average molecular weight is 437 g/mol. The predicted octanol–water partition coefficient (Wildman–Crippen LogP) is 9.09. The van der Waals surface area contributed by atoms with E-state index in [-0.39, 0.29) is 0 Å². The van der Waals surface area contributed by atoms with E-state index in [0.717, 1.165) is 19.3 Å². The summed E-state index contributed by atoms with van der Waals surface area (Å²) in [4.78, 5) is 0. The molecule has 1 unspecified atom stereocenters. The molecule has 4 rings (SSSR count). The zero-order valence-electron chi connectivity index (χ0n) is 21.5. The maximum Gasteiger partial charge on any atom is -0.0146 e. The van der Waals surface area contributed by atoms with Crippen LogP contribution in [0.4, 0.5) is 0 Å². The molecule has 0 heteroatoms. The summed E-state index contributed by atoms with van der Waals surface area (Å²) < 4.78 is 0. The molecule has 0 spiro atoms. The van der Waals surface area contributed by atoms with Crippen LogP contribution in [0.3, 0.4) is 0 Å². The van der Waals surface area contributed by atoms with Crippen molar-refractivity contribution in [2.75, 3.05) is 0 Å². The van der Waals surface area contributed by atoms with E-state index in [1.807, 2.05) is 0 Å². The second kappa shape index (κ2) is 10.1. The molecule has 0 amide bonds. The highest BCUT2D eigenvalue weighted by Crippen LogP contribution is 2.32. The minimum Gasteiger partial charge on any atom is -0.0810 e. The van der Waals surface area contributed by atoms with Crippen molar-refractivity contribution in [1.29, 1.82) is 0 Å². The molecule has 1 aliphatic carbocycles. The maximum absolute atomic E-state index is 2.43. The quantitative estimate of drug-likeness (QED) is 0.346. The summed E-state index contributed by atoms with van der Waals surface area (Å²) >= 11 is 0. The topological polar surface area (TPSA) is 0 Å². The molecular formula is C33H40. The van der Waals surface area contributed by atoms with Gasteiger partial charge in [0, 0.05) is 0 Å². The molecule has 0 aliphatic heterocycles. The average Bonchev–Trinajstić information content (AvgIpc) is 2.73. The summed E-state index contributed by atoms with van der Waals surface area (Å²) in [6, 6.07) is 16.7. The van der Waals surface area contributed by atoms with Crippen molar-refractivity contribution in [3.8, 4) is 0 Å². The third kappa shape index (κ3) is 5.85. The second-order valence-corrected chi connectivity index (χ2v) is 10.6.